The summed E-state index contributed by atoms with van der Waals surface area (Å²) >= 11 is 0. The predicted molar refractivity (Wildman–Crippen MR) is 233 cm³/mol. The Labute approximate surface area is 328 Å². The highest BCUT2D eigenvalue weighted by Crippen LogP contribution is 2.44. The number of nitrogens with one attached hydrogen (secondary N) is 1. The maximum absolute atomic E-state index is 5.24. The molecule has 0 saturated carbocycles. The van der Waals surface area contributed by atoms with E-state index in [0.717, 1.165) is 51.5 Å². The normalized spacial score (nSPS) is 13.1. The highest BCUT2D eigenvalue weighted by Gasteiger charge is 2.25. The zero-order chi connectivity index (χ0) is 37.4. The van der Waals surface area contributed by atoms with Crippen LogP contribution in [0.1, 0.15) is 29.7 Å². The number of fused-ring (bicyclic) bond motifs is 4. The number of anilines is 1. The third-order valence-corrected chi connectivity index (χ3v) is 11.2. The van der Waals surface area contributed by atoms with Gasteiger partial charge in [0.15, 0.2) is 5.82 Å². The summed E-state index contributed by atoms with van der Waals surface area (Å²) < 4.78 is 0. The molecule has 0 radical (unpaired) electrons. The summed E-state index contributed by atoms with van der Waals surface area (Å²) in [6, 6.07) is 69.6. The van der Waals surface area contributed by atoms with E-state index in [1.54, 1.807) is 0 Å². The molecule has 2 heterocycles. The zero-order valence-corrected chi connectivity index (χ0v) is 31.2. The second kappa shape index (κ2) is 14.3. The van der Waals surface area contributed by atoms with Crippen molar-refractivity contribution in [3.8, 4) is 67.3 Å². The lowest BCUT2D eigenvalue weighted by Gasteiger charge is -2.30. The minimum absolute atomic E-state index is 0.0642. The van der Waals surface area contributed by atoms with Crippen LogP contribution in [0.5, 0.6) is 0 Å². The molecule has 0 fully saturated rings. The van der Waals surface area contributed by atoms with Crippen molar-refractivity contribution < 1.29 is 0 Å². The van der Waals surface area contributed by atoms with Crippen molar-refractivity contribution in [2.75, 3.05) is 5.32 Å². The van der Waals surface area contributed by atoms with Crippen molar-refractivity contribution in [1.82, 2.24) is 9.97 Å². The SMILES string of the molecule is CCc1c(-c2ccccc2)nc(-c2ccccc2)nc1-c1ccc(-c2ccc3ccccc3c2-c2ccc(C3Nc4ccccc4-c4ccccc43)cc2)cc1. The summed E-state index contributed by atoms with van der Waals surface area (Å²) in [5.74, 6) is 0.733. The van der Waals surface area contributed by atoms with Crippen LogP contribution in [0.2, 0.25) is 0 Å². The maximum atomic E-state index is 5.24. The molecule has 1 N–H and O–H groups in total. The number of rotatable bonds is 7. The molecule has 0 bridgehead atoms. The van der Waals surface area contributed by atoms with Gasteiger partial charge in [-0.3, -0.25) is 0 Å². The number of hydrogen-bond acceptors (Lipinski definition) is 3. The first kappa shape index (κ1) is 33.5. The maximum Gasteiger partial charge on any atom is 0.160 e. The average Bonchev–Trinajstić information content (AvgIpc) is 3.28. The molecule has 1 aliphatic heterocycles. The van der Waals surface area contributed by atoms with Crippen LogP contribution in [0, 0.1) is 0 Å². The third-order valence-electron chi connectivity index (χ3n) is 11.2. The minimum Gasteiger partial charge on any atom is -0.374 e. The van der Waals surface area contributed by atoms with Gasteiger partial charge in [-0.2, -0.15) is 0 Å². The van der Waals surface area contributed by atoms with Gasteiger partial charge in [0.1, 0.15) is 0 Å². The first-order valence-electron chi connectivity index (χ1n) is 19.4. The second-order valence-corrected chi connectivity index (χ2v) is 14.4. The van der Waals surface area contributed by atoms with Gasteiger partial charge in [-0.25, -0.2) is 9.97 Å². The fourth-order valence-electron chi connectivity index (χ4n) is 8.42. The summed E-state index contributed by atoms with van der Waals surface area (Å²) in [6.07, 6.45) is 0.815. The Morgan fingerprint density at radius 3 is 1.75 bits per heavy atom. The van der Waals surface area contributed by atoms with E-state index in [9.17, 15) is 0 Å². The topological polar surface area (TPSA) is 37.8 Å². The molecular formula is C53H39N3. The molecule has 10 rings (SSSR count). The smallest absolute Gasteiger partial charge is 0.160 e. The van der Waals surface area contributed by atoms with Gasteiger partial charge in [0.2, 0.25) is 0 Å². The minimum atomic E-state index is 0.0642. The largest absolute Gasteiger partial charge is 0.374 e. The summed E-state index contributed by atoms with van der Waals surface area (Å²) in [6.45, 7) is 2.19. The summed E-state index contributed by atoms with van der Waals surface area (Å²) in [4.78, 5) is 10.4. The van der Waals surface area contributed by atoms with E-state index in [4.69, 9.17) is 9.97 Å². The Balaban J connectivity index is 1.06. The summed E-state index contributed by atoms with van der Waals surface area (Å²) in [5, 5.41) is 6.30. The van der Waals surface area contributed by atoms with Crippen LogP contribution in [-0.4, -0.2) is 9.97 Å². The molecule has 3 nitrogen and oxygen atoms in total. The van der Waals surface area contributed by atoms with Crippen molar-refractivity contribution in [2.24, 2.45) is 0 Å². The lowest BCUT2D eigenvalue weighted by molar-refractivity contribution is 0.930. The molecule has 266 valence electrons. The second-order valence-electron chi connectivity index (χ2n) is 14.4. The quantitative estimate of drug-likeness (QED) is 0.178. The number of hydrogen-bond donors (Lipinski definition) is 1. The van der Waals surface area contributed by atoms with Gasteiger partial charge in [-0.05, 0) is 62.2 Å². The van der Waals surface area contributed by atoms with Crippen LogP contribution in [0.3, 0.4) is 0 Å². The van der Waals surface area contributed by atoms with Crippen molar-refractivity contribution >= 4 is 16.5 Å². The first-order chi connectivity index (χ1) is 27.7. The molecule has 8 aromatic carbocycles. The molecule has 0 saturated heterocycles. The van der Waals surface area contributed by atoms with Crippen molar-refractivity contribution in [2.45, 2.75) is 19.4 Å². The monoisotopic (exact) mass is 717 g/mol. The molecule has 3 heteroatoms. The van der Waals surface area contributed by atoms with E-state index in [1.807, 2.05) is 18.2 Å². The Kier molecular flexibility index (Phi) is 8.53. The highest BCUT2D eigenvalue weighted by molar-refractivity contribution is 6.04. The summed E-state index contributed by atoms with van der Waals surface area (Å²) in [5.41, 5.74) is 17.3. The third kappa shape index (κ3) is 5.95. The molecule has 1 aliphatic rings. The first-order valence-corrected chi connectivity index (χ1v) is 19.4. The highest BCUT2D eigenvalue weighted by atomic mass is 14.9. The van der Waals surface area contributed by atoms with Crippen molar-refractivity contribution in [1.29, 1.82) is 0 Å². The van der Waals surface area contributed by atoms with Gasteiger partial charge in [0.05, 0.1) is 17.4 Å². The van der Waals surface area contributed by atoms with Crippen LogP contribution in [-0.2, 0) is 6.42 Å². The van der Waals surface area contributed by atoms with Gasteiger partial charge in [-0.1, -0.05) is 195 Å². The number of benzene rings is 8. The molecular weight excluding hydrogens is 679 g/mol. The molecule has 1 atom stereocenters. The molecule has 1 aromatic heterocycles. The average molecular weight is 718 g/mol. The molecule has 56 heavy (non-hydrogen) atoms. The van der Waals surface area contributed by atoms with E-state index in [2.05, 4.69) is 188 Å². The van der Waals surface area contributed by atoms with Crippen LogP contribution in [0.4, 0.5) is 5.69 Å². The van der Waals surface area contributed by atoms with Crippen LogP contribution in [0.15, 0.2) is 194 Å². The molecule has 9 aromatic rings. The van der Waals surface area contributed by atoms with Gasteiger partial charge < -0.3 is 5.32 Å². The lowest BCUT2D eigenvalue weighted by atomic mass is 9.85. The van der Waals surface area contributed by atoms with E-state index < -0.39 is 0 Å². The fourth-order valence-corrected chi connectivity index (χ4v) is 8.42. The standard InChI is InChI=1S/C53H39N3/c1-2-42-50(38-16-5-3-6-17-38)55-53(41-18-7-4-8-19-41)56-51(42)39-29-25-36(26-30-39)44-34-33-35-15-9-10-20-43(35)49(44)37-27-31-40(32-28-37)52-47-23-12-11-21-45(47)46-22-13-14-24-48(46)54-52/h3-34,52,54H,2H2,1H3. The Morgan fingerprint density at radius 2 is 1.02 bits per heavy atom. The van der Waals surface area contributed by atoms with E-state index >= 15 is 0 Å². The lowest BCUT2D eigenvalue weighted by Crippen LogP contribution is -2.17. The number of aromatic nitrogens is 2. The number of para-hydroxylation sites is 1. The summed E-state index contributed by atoms with van der Waals surface area (Å²) in [7, 11) is 0. The molecule has 0 aliphatic carbocycles. The van der Waals surface area contributed by atoms with Crippen LogP contribution in [0.25, 0.3) is 78.1 Å². The Morgan fingerprint density at radius 1 is 0.446 bits per heavy atom. The van der Waals surface area contributed by atoms with Gasteiger partial charge in [0.25, 0.3) is 0 Å². The molecule has 0 spiro atoms. The van der Waals surface area contributed by atoms with Crippen molar-refractivity contribution in [3.05, 3.63) is 211 Å². The van der Waals surface area contributed by atoms with E-state index in [0.29, 0.717) is 0 Å². The number of nitrogens with zero attached hydrogens (tertiary/aromatic N) is 2. The molecule has 0 amide bonds. The predicted octanol–water partition coefficient (Wildman–Crippen LogP) is 13.7. The fraction of sp³-hybridized carbons (Fsp3) is 0.0566. The molecule has 1 unspecified atom stereocenters. The van der Waals surface area contributed by atoms with Crippen LogP contribution >= 0.6 is 0 Å². The van der Waals surface area contributed by atoms with Gasteiger partial charge in [0, 0.05) is 33.5 Å². The van der Waals surface area contributed by atoms with E-state index in [1.165, 1.54) is 55.4 Å². The zero-order valence-electron chi connectivity index (χ0n) is 31.2. The Bertz CT molecular complexity index is 2840. The van der Waals surface area contributed by atoms with Crippen LogP contribution < -0.4 is 5.32 Å². The Hall–Kier alpha value is -7.10. The van der Waals surface area contributed by atoms with Crippen molar-refractivity contribution in [3.63, 3.8) is 0 Å². The van der Waals surface area contributed by atoms with Gasteiger partial charge in [-0.15, -0.1) is 0 Å². The van der Waals surface area contributed by atoms with Gasteiger partial charge >= 0.3 is 0 Å². The van der Waals surface area contributed by atoms with E-state index in [-0.39, 0.29) is 6.04 Å².